The Morgan fingerprint density at radius 1 is 1.41 bits per heavy atom. The topological polar surface area (TPSA) is 72.5 Å². The molecule has 2 N–H and O–H groups in total. The predicted molar refractivity (Wildman–Crippen MR) is 69.5 cm³/mol. The highest BCUT2D eigenvalue weighted by atomic mass is 32.2. The van der Waals surface area contributed by atoms with Crippen molar-refractivity contribution in [3.63, 3.8) is 0 Å². The van der Waals surface area contributed by atoms with Crippen molar-refractivity contribution < 1.29 is 8.42 Å². The van der Waals surface area contributed by atoms with E-state index < -0.39 is 9.84 Å². The van der Waals surface area contributed by atoms with E-state index in [0.29, 0.717) is 10.1 Å². The van der Waals surface area contributed by atoms with Gasteiger partial charge in [0.2, 0.25) is 0 Å². The van der Waals surface area contributed by atoms with Crippen LogP contribution >= 0.6 is 11.8 Å². The predicted octanol–water partition coefficient (Wildman–Crippen LogP) is 1.55. The summed E-state index contributed by atoms with van der Waals surface area (Å²) in [6.07, 6.45) is 3.22. The fourth-order valence-corrected chi connectivity index (χ4v) is 3.56. The molecule has 4 nitrogen and oxygen atoms in total. The lowest BCUT2D eigenvalue weighted by Crippen LogP contribution is -2.02. The van der Waals surface area contributed by atoms with E-state index in [0.717, 1.165) is 16.0 Å². The van der Waals surface area contributed by atoms with Gasteiger partial charge in [0.25, 0.3) is 0 Å². The van der Waals surface area contributed by atoms with Gasteiger partial charge < -0.3 is 5.73 Å². The first-order chi connectivity index (χ1) is 7.95. The second-order valence-corrected chi connectivity index (χ2v) is 7.19. The number of aliphatic imine (C=N–C) groups is 1. The van der Waals surface area contributed by atoms with E-state index in [4.69, 9.17) is 5.73 Å². The number of rotatable bonds is 1. The van der Waals surface area contributed by atoms with Crippen LogP contribution in [0.15, 0.2) is 33.0 Å². The van der Waals surface area contributed by atoms with Crippen LogP contribution in [0.3, 0.4) is 0 Å². The summed E-state index contributed by atoms with van der Waals surface area (Å²) < 4.78 is 23.0. The fourth-order valence-electron chi connectivity index (χ4n) is 2.03. The standard InChI is InChI=1S/C11H10N2O2S2/c1-17(14,15)7-3-2-6-4-9-10(8(6)5-7)13-11(12)16-9/h2-5,10H,1H3,(H2,12,13). The Bertz CT molecular complexity index is 675. The van der Waals surface area contributed by atoms with Crippen molar-refractivity contribution in [3.05, 3.63) is 34.2 Å². The molecule has 0 saturated heterocycles. The van der Waals surface area contributed by atoms with Crippen LogP contribution in [0.1, 0.15) is 17.2 Å². The van der Waals surface area contributed by atoms with Crippen molar-refractivity contribution in [3.8, 4) is 0 Å². The van der Waals surface area contributed by atoms with Gasteiger partial charge >= 0.3 is 0 Å². The highest BCUT2D eigenvalue weighted by molar-refractivity contribution is 8.17. The number of hydrogen-bond acceptors (Lipinski definition) is 5. The smallest absolute Gasteiger partial charge is 0.175 e. The summed E-state index contributed by atoms with van der Waals surface area (Å²) in [5.41, 5.74) is 7.62. The quantitative estimate of drug-likeness (QED) is 0.837. The lowest BCUT2D eigenvalue weighted by Gasteiger charge is -2.06. The second kappa shape index (κ2) is 3.36. The molecular formula is C11H10N2O2S2. The van der Waals surface area contributed by atoms with Gasteiger partial charge in [-0.2, -0.15) is 0 Å². The summed E-state index contributed by atoms with van der Waals surface area (Å²) in [4.78, 5) is 5.71. The van der Waals surface area contributed by atoms with Crippen LogP contribution in [0.2, 0.25) is 0 Å². The zero-order chi connectivity index (χ0) is 12.2. The SMILES string of the molecule is CS(=O)(=O)c1ccc2c(c1)C1N=C(N)SC1=C2. The van der Waals surface area contributed by atoms with Gasteiger partial charge in [0.1, 0.15) is 6.04 Å². The van der Waals surface area contributed by atoms with Gasteiger partial charge in [0, 0.05) is 11.2 Å². The molecule has 0 bridgehead atoms. The van der Waals surface area contributed by atoms with Gasteiger partial charge in [-0.3, -0.25) is 0 Å². The van der Waals surface area contributed by atoms with Gasteiger partial charge in [-0.25, -0.2) is 13.4 Å². The first kappa shape index (κ1) is 10.9. The van der Waals surface area contributed by atoms with E-state index in [1.807, 2.05) is 12.1 Å². The van der Waals surface area contributed by atoms with E-state index in [-0.39, 0.29) is 6.04 Å². The maximum absolute atomic E-state index is 11.5. The number of amidine groups is 1. The minimum absolute atomic E-state index is 0.100. The molecule has 88 valence electrons. The molecule has 0 radical (unpaired) electrons. The number of thioether (sulfide) groups is 1. The van der Waals surface area contributed by atoms with Gasteiger partial charge in [-0.1, -0.05) is 17.8 Å². The van der Waals surface area contributed by atoms with Crippen LogP contribution in [0.5, 0.6) is 0 Å². The maximum atomic E-state index is 11.5. The van der Waals surface area contributed by atoms with Crippen molar-refractivity contribution in [1.82, 2.24) is 0 Å². The third kappa shape index (κ3) is 1.68. The molecule has 0 fully saturated rings. The lowest BCUT2D eigenvalue weighted by molar-refractivity contribution is 0.601. The largest absolute Gasteiger partial charge is 0.378 e. The molecule has 1 atom stereocenters. The molecule has 0 spiro atoms. The van der Waals surface area contributed by atoms with Gasteiger partial charge in [-0.15, -0.1) is 0 Å². The van der Waals surface area contributed by atoms with Crippen LogP contribution in [-0.2, 0) is 9.84 Å². The van der Waals surface area contributed by atoms with E-state index >= 15 is 0 Å². The third-order valence-corrected chi connectivity index (χ3v) is 4.83. The normalized spacial score (nSPS) is 21.8. The van der Waals surface area contributed by atoms with E-state index in [1.54, 1.807) is 12.1 Å². The number of nitrogens with zero attached hydrogens (tertiary/aromatic N) is 1. The zero-order valence-corrected chi connectivity index (χ0v) is 10.7. The molecule has 1 aliphatic carbocycles. The molecule has 0 amide bonds. The van der Waals surface area contributed by atoms with Crippen LogP contribution in [0.4, 0.5) is 0 Å². The lowest BCUT2D eigenvalue weighted by atomic mass is 10.1. The summed E-state index contributed by atoms with van der Waals surface area (Å²) in [6, 6.07) is 5.05. The average Bonchev–Trinajstić information content (AvgIpc) is 2.71. The van der Waals surface area contributed by atoms with Crippen molar-refractivity contribution >= 4 is 32.8 Å². The van der Waals surface area contributed by atoms with Gasteiger partial charge in [0.15, 0.2) is 15.0 Å². The van der Waals surface area contributed by atoms with Crippen molar-refractivity contribution in [1.29, 1.82) is 0 Å². The summed E-state index contributed by atoms with van der Waals surface area (Å²) >= 11 is 1.45. The van der Waals surface area contributed by atoms with Crippen LogP contribution in [-0.4, -0.2) is 19.8 Å². The van der Waals surface area contributed by atoms with Crippen molar-refractivity contribution in [2.24, 2.45) is 10.7 Å². The van der Waals surface area contributed by atoms with E-state index in [2.05, 4.69) is 4.99 Å². The number of hydrogen-bond donors (Lipinski definition) is 1. The summed E-state index contributed by atoms with van der Waals surface area (Å²) in [7, 11) is -3.18. The van der Waals surface area contributed by atoms with Gasteiger partial charge in [0.05, 0.1) is 4.90 Å². The highest BCUT2D eigenvalue weighted by Crippen LogP contribution is 2.47. The summed E-state index contributed by atoms with van der Waals surface area (Å²) in [5.74, 6) is 0. The van der Waals surface area contributed by atoms with Crippen LogP contribution < -0.4 is 5.73 Å². The number of fused-ring (bicyclic) bond motifs is 3. The number of benzene rings is 1. The van der Waals surface area contributed by atoms with Crippen molar-refractivity contribution in [2.45, 2.75) is 10.9 Å². The first-order valence-electron chi connectivity index (χ1n) is 5.02. The minimum Gasteiger partial charge on any atom is -0.378 e. The molecule has 2 aliphatic rings. The Hall–Kier alpha value is -1.27. The molecule has 3 rings (SSSR count). The molecule has 1 heterocycles. The highest BCUT2D eigenvalue weighted by Gasteiger charge is 2.31. The Kier molecular flexibility index (Phi) is 2.15. The molecule has 1 aromatic rings. The Labute approximate surface area is 104 Å². The molecule has 0 aromatic heterocycles. The summed E-state index contributed by atoms with van der Waals surface area (Å²) in [6.45, 7) is 0. The fraction of sp³-hybridized carbons (Fsp3) is 0.182. The van der Waals surface area contributed by atoms with Crippen molar-refractivity contribution in [2.75, 3.05) is 6.26 Å². The summed E-state index contributed by atoms with van der Waals surface area (Å²) in [5, 5.41) is 0.539. The molecule has 1 aromatic carbocycles. The zero-order valence-electron chi connectivity index (χ0n) is 9.04. The second-order valence-electron chi connectivity index (χ2n) is 4.08. The third-order valence-electron chi connectivity index (χ3n) is 2.83. The molecule has 1 unspecified atom stereocenters. The Morgan fingerprint density at radius 3 is 2.88 bits per heavy atom. The molecule has 6 heteroatoms. The first-order valence-corrected chi connectivity index (χ1v) is 7.73. The molecule has 1 aliphatic heterocycles. The van der Waals surface area contributed by atoms with Crippen LogP contribution in [0, 0.1) is 0 Å². The Morgan fingerprint density at radius 2 is 2.18 bits per heavy atom. The number of nitrogens with two attached hydrogens (primary N) is 1. The molecule has 17 heavy (non-hydrogen) atoms. The minimum atomic E-state index is -3.18. The van der Waals surface area contributed by atoms with E-state index in [1.165, 1.54) is 18.0 Å². The molecule has 0 saturated carbocycles. The number of sulfone groups is 1. The van der Waals surface area contributed by atoms with E-state index in [9.17, 15) is 8.42 Å². The maximum Gasteiger partial charge on any atom is 0.175 e. The monoisotopic (exact) mass is 266 g/mol. The van der Waals surface area contributed by atoms with Gasteiger partial charge in [-0.05, 0) is 29.3 Å². The van der Waals surface area contributed by atoms with Crippen LogP contribution in [0.25, 0.3) is 6.08 Å². The molecular weight excluding hydrogens is 256 g/mol. The average molecular weight is 266 g/mol. The Balaban J connectivity index is 2.15.